The van der Waals surface area contributed by atoms with E-state index in [1.807, 2.05) is 18.2 Å². The molecule has 2 aromatic rings. The SMILES string of the molecule is COC(=O)COc1cc(-c2ccccn2)n(C)n1. The molecule has 0 amide bonds. The molecule has 2 rings (SSSR count). The Morgan fingerprint density at radius 3 is 2.94 bits per heavy atom. The minimum atomic E-state index is -0.444. The molecule has 0 unspecified atom stereocenters. The van der Waals surface area contributed by atoms with E-state index in [1.54, 1.807) is 24.0 Å². The average Bonchev–Trinajstić information content (AvgIpc) is 2.78. The zero-order chi connectivity index (χ0) is 13.0. The lowest BCUT2D eigenvalue weighted by Gasteiger charge is -1.99. The van der Waals surface area contributed by atoms with Crippen LogP contribution in [0.25, 0.3) is 11.4 Å². The zero-order valence-electron chi connectivity index (χ0n) is 10.2. The summed E-state index contributed by atoms with van der Waals surface area (Å²) < 4.78 is 11.3. The van der Waals surface area contributed by atoms with Gasteiger partial charge in [-0.3, -0.25) is 9.67 Å². The predicted octanol–water partition coefficient (Wildman–Crippen LogP) is 1.03. The number of esters is 1. The largest absolute Gasteiger partial charge is 0.466 e. The second-order valence-electron chi connectivity index (χ2n) is 3.57. The summed E-state index contributed by atoms with van der Waals surface area (Å²) in [5.74, 6) is -0.0800. The normalized spacial score (nSPS) is 10.1. The molecule has 18 heavy (non-hydrogen) atoms. The van der Waals surface area contributed by atoms with Crippen molar-refractivity contribution in [3.63, 3.8) is 0 Å². The van der Waals surface area contributed by atoms with Gasteiger partial charge >= 0.3 is 5.97 Å². The highest BCUT2D eigenvalue weighted by atomic mass is 16.6. The van der Waals surface area contributed by atoms with Gasteiger partial charge in [-0.15, -0.1) is 5.10 Å². The highest BCUT2D eigenvalue weighted by Gasteiger charge is 2.10. The predicted molar refractivity (Wildman–Crippen MR) is 64.0 cm³/mol. The van der Waals surface area contributed by atoms with Gasteiger partial charge in [-0.2, -0.15) is 0 Å². The fourth-order valence-electron chi connectivity index (χ4n) is 1.46. The topological polar surface area (TPSA) is 66.2 Å². The molecule has 0 bridgehead atoms. The van der Waals surface area contributed by atoms with Gasteiger partial charge in [0.05, 0.1) is 18.5 Å². The van der Waals surface area contributed by atoms with Crippen LogP contribution in [-0.2, 0) is 16.6 Å². The fourth-order valence-corrected chi connectivity index (χ4v) is 1.46. The molecule has 0 aliphatic rings. The summed E-state index contributed by atoms with van der Waals surface area (Å²) in [7, 11) is 3.10. The van der Waals surface area contributed by atoms with E-state index in [1.165, 1.54) is 7.11 Å². The van der Waals surface area contributed by atoms with E-state index < -0.39 is 5.97 Å². The highest BCUT2D eigenvalue weighted by Crippen LogP contribution is 2.20. The van der Waals surface area contributed by atoms with Crippen molar-refractivity contribution in [2.75, 3.05) is 13.7 Å². The number of hydrogen-bond acceptors (Lipinski definition) is 5. The minimum Gasteiger partial charge on any atom is -0.466 e. The molecule has 6 nitrogen and oxygen atoms in total. The molecule has 0 saturated heterocycles. The van der Waals surface area contributed by atoms with Crippen molar-refractivity contribution in [3.05, 3.63) is 30.5 Å². The van der Waals surface area contributed by atoms with Crippen molar-refractivity contribution >= 4 is 5.97 Å². The van der Waals surface area contributed by atoms with E-state index >= 15 is 0 Å². The van der Waals surface area contributed by atoms with Crippen LogP contribution in [0.5, 0.6) is 5.88 Å². The van der Waals surface area contributed by atoms with E-state index in [2.05, 4.69) is 14.8 Å². The quantitative estimate of drug-likeness (QED) is 0.755. The molecule has 2 heterocycles. The first-order chi connectivity index (χ1) is 8.70. The van der Waals surface area contributed by atoms with Crippen LogP contribution >= 0.6 is 0 Å². The number of carbonyl (C=O) groups is 1. The molecule has 94 valence electrons. The number of aryl methyl sites for hydroxylation is 1. The lowest BCUT2D eigenvalue weighted by Crippen LogP contribution is -2.12. The van der Waals surface area contributed by atoms with E-state index in [0.29, 0.717) is 5.88 Å². The molecule has 2 aromatic heterocycles. The second-order valence-corrected chi connectivity index (χ2v) is 3.57. The van der Waals surface area contributed by atoms with Crippen LogP contribution in [0.3, 0.4) is 0 Å². The molecule has 0 saturated carbocycles. The molecule has 0 N–H and O–H groups in total. The Balaban J connectivity index is 2.15. The Labute approximate surface area is 104 Å². The van der Waals surface area contributed by atoms with Crippen LogP contribution in [0.2, 0.25) is 0 Å². The third-order valence-corrected chi connectivity index (χ3v) is 2.35. The zero-order valence-corrected chi connectivity index (χ0v) is 10.2. The highest BCUT2D eigenvalue weighted by molar-refractivity contribution is 5.70. The van der Waals surface area contributed by atoms with Gasteiger partial charge in [0.1, 0.15) is 0 Å². The summed E-state index contributed by atoms with van der Waals surface area (Å²) in [5, 5.41) is 4.14. The van der Waals surface area contributed by atoms with E-state index in [4.69, 9.17) is 4.74 Å². The van der Waals surface area contributed by atoms with Crippen molar-refractivity contribution in [1.29, 1.82) is 0 Å². The number of nitrogens with zero attached hydrogens (tertiary/aromatic N) is 3. The summed E-state index contributed by atoms with van der Waals surface area (Å²) in [6.07, 6.45) is 1.71. The number of carbonyl (C=O) groups excluding carboxylic acids is 1. The van der Waals surface area contributed by atoms with Crippen LogP contribution in [-0.4, -0.2) is 34.5 Å². The monoisotopic (exact) mass is 247 g/mol. The summed E-state index contributed by atoms with van der Waals surface area (Å²) in [6, 6.07) is 7.34. The van der Waals surface area contributed by atoms with Gasteiger partial charge in [0.25, 0.3) is 0 Å². The average molecular weight is 247 g/mol. The van der Waals surface area contributed by atoms with Gasteiger partial charge in [0.2, 0.25) is 5.88 Å². The van der Waals surface area contributed by atoms with Crippen molar-refractivity contribution in [1.82, 2.24) is 14.8 Å². The molecule has 0 spiro atoms. The van der Waals surface area contributed by atoms with Crippen molar-refractivity contribution in [2.24, 2.45) is 7.05 Å². The van der Waals surface area contributed by atoms with Crippen LogP contribution in [0.15, 0.2) is 30.5 Å². The molecule has 0 aliphatic carbocycles. The standard InChI is InChI=1S/C12H13N3O3/c1-15-10(9-5-3-4-6-13-9)7-11(14-15)18-8-12(16)17-2/h3-7H,8H2,1-2H3. The molecule has 0 aromatic carbocycles. The fraction of sp³-hybridized carbons (Fsp3) is 0.250. The molecule has 0 fully saturated rings. The van der Waals surface area contributed by atoms with Crippen molar-refractivity contribution in [3.8, 4) is 17.3 Å². The Morgan fingerprint density at radius 1 is 1.44 bits per heavy atom. The summed E-state index contributed by atoms with van der Waals surface area (Å²) >= 11 is 0. The van der Waals surface area contributed by atoms with Gasteiger partial charge in [0.15, 0.2) is 6.61 Å². The number of pyridine rings is 1. The maximum atomic E-state index is 11.0. The first-order valence-electron chi connectivity index (χ1n) is 5.36. The minimum absolute atomic E-state index is 0.158. The Bertz CT molecular complexity index is 537. The molecule has 0 radical (unpaired) electrons. The Kier molecular flexibility index (Phi) is 3.57. The number of methoxy groups -OCH3 is 1. The van der Waals surface area contributed by atoms with E-state index in [-0.39, 0.29) is 6.61 Å². The van der Waals surface area contributed by atoms with E-state index in [0.717, 1.165) is 11.4 Å². The van der Waals surface area contributed by atoms with Crippen molar-refractivity contribution in [2.45, 2.75) is 0 Å². The van der Waals surface area contributed by atoms with Gasteiger partial charge in [-0.05, 0) is 12.1 Å². The number of ether oxygens (including phenoxy) is 2. The Hall–Kier alpha value is -2.37. The Morgan fingerprint density at radius 2 is 2.28 bits per heavy atom. The lowest BCUT2D eigenvalue weighted by molar-refractivity contribution is -0.143. The summed E-state index contributed by atoms with van der Waals surface area (Å²) in [5.41, 5.74) is 1.61. The molecular formula is C12H13N3O3. The molecule has 0 atom stereocenters. The molecular weight excluding hydrogens is 234 g/mol. The maximum Gasteiger partial charge on any atom is 0.343 e. The van der Waals surface area contributed by atoms with Gasteiger partial charge in [-0.25, -0.2) is 4.79 Å². The first kappa shape index (κ1) is 12.1. The number of hydrogen-bond donors (Lipinski definition) is 0. The smallest absolute Gasteiger partial charge is 0.343 e. The summed E-state index contributed by atoms with van der Waals surface area (Å²) in [4.78, 5) is 15.2. The first-order valence-corrected chi connectivity index (χ1v) is 5.36. The van der Waals surface area contributed by atoms with Crippen molar-refractivity contribution < 1.29 is 14.3 Å². The molecule has 0 aliphatic heterocycles. The number of aromatic nitrogens is 3. The third kappa shape index (κ3) is 2.65. The van der Waals surface area contributed by atoms with E-state index in [9.17, 15) is 4.79 Å². The van der Waals surface area contributed by atoms with Crippen LogP contribution in [0.4, 0.5) is 0 Å². The maximum absolute atomic E-state index is 11.0. The van der Waals surface area contributed by atoms with Gasteiger partial charge in [0, 0.05) is 19.3 Å². The van der Waals surface area contributed by atoms with Crippen LogP contribution < -0.4 is 4.74 Å². The van der Waals surface area contributed by atoms with Gasteiger partial charge < -0.3 is 9.47 Å². The van der Waals surface area contributed by atoms with Gasteiger partial charge in [-0.1, -0.05) is 6.07 Å². The van der Waals surface area contributed by atoms with Crippen LogP contribution in [0.1, 0.15) is 0 Å². The molecule has 6 heteroatoms. The third-order valence-electron chi connectivity index (χ3n) is 2.35. The van der Waals surface area contributed by atoms with Crippen LogP contribution in [0, 0.1) is 0 Å². The lowest BCUT2D eigenvalue weighted by atomic mass is 10.3. The number of rotatable bonds is 4. The second kappa shape index (κ2) is 5.31. The summed E-state index contributed by atoms with van der Waals surface area (Å²) in [6.45, 7) is -0.158.